The van der Waals surface area contributed by atoms with Crippen LogP contribution in [0.25, 0.3) is 0 Å². The highest BCUT2D eigenvalue weighted by atomic mass is 16.7. The van der Waals surface area contributed by atoms with Crippen molar-refractivity contribution < 1.29 is 68.6 Å². The lowest BCUT2D eigenvalue weighted by molar-refractivity contribution is -0.293. The fraction of sp³-hybridized carbons (Fsp3) is 0.951. The molecule has 2 saturated heterocycles. The Kier molecular flexibility index (Phi) is 24.1. The van der Waals surface area contributed by atoms with Crippen LogP contribution in [-0.4, -0.2) is 229 Å². The van der Waals surface area contributed by atoms with Gasteiger partial charge in [-0.1, -0.05) is 25.7 Å². The average molecular weight is 954 g/mol. The molecule has 2 heterocycles. The minimum Gasteiger partial charge on any atom is -0.389 e. The molecule has 2 aliphatic heterocycles. The SMILES string of the molecule is CN(CC(=O)NCCCCCCO[C@H]1[C@H](O)[C@@H](N)[C@@H](O[C@H]2[C@H](O)[C@@H](O)[C@H](N)C[C@@H]2N)O[C@@H]1CN)CC(=O)NCCCCCCO[C@H]1[C@H](O)[C@@H](N)[C@@H](O[C@H]2[C@H](O)[C@@H](O)[C@H](N)C[C@@H]2N)O[C@@H]1CN. The maximum atomic E-state index is 12.5. The molecule has 0 aromatic heterocycles. The summed E-state index contributed by atoms with van der Waals surface area (Å²) in [6.07, 6.45) is -8.45. The molecule has 4 rings (SSSR count). The number of hydrogen-bond donors (Lipinski definition) is 16. The summed E-state index contributed by atoms with van der Waals surface area (Å²) in [4.78, 5) is 26.6. The Morgan fingerprint density at radius 3 is 1.26 bits per heavy atom. The molecular formula is C41H83N11O14. The topological polar surface area (TPSA) is 446 Å². The summed E-state index contributed by atoms with van der Waals surface area (Å²) in [5.41, 5.74) is 48.2. The Morgan fingerprint density at radius 2 is 0.894 bits per heavy atom. The molecule has 4 fully saturated rings. The molecule has 0 aromatic carbocycles. The number of nitrogens with two attached hydrogens (primary N) is 8. The van der Waals surface area contributed by atoms with Crippen LogP contribution in [-0.2, 0) is 38.0 Å². The molecule has 0 radical (unpaired) electrons. The Hall–Kier alpha value is -1.90. The number of aliphatic hydroxyl groups is 6. The van der Waals surface area contributed by atoms with E-state index in [1.165, 1.54) is 0 Å². The van der Waals surface area contributed by atoms with E-state index < -0.39 is 122 Å². The zero-order valence-corrected chi connectivity index (χ0v) is 38.3. The fourth-order valence-electron chi connectivity index (χ4n) is 8.88. The fourth-order valence-corrected chi connectivity index (χ4v) is 8.88. The molecule has 25 heteroatoms. The molecule has 0 unspecified atom stereocenters. The van der Waals surface area contributed by atoms with Crippen LogP contribution in [0.1, 0.15) is 64.2 Å². The second-order valence-electron chi connectivity index (χ2n) is 18.4. The van der Waals surface area contributed by atoms with Gasteiger partial charge in [0.15, 0.2) is 12.6 Å². The van der Waals surface area contributed by atoms with Gasteiger partial charge in [0.2, 0.25) is 11.8 Å². The van der Waals surface area contributed by atoms with Gasteiger partial charge in [0.1, 0.15) is 61.0 Å². The third-order valence-corrected chi connectivity index (χ3v) is 12.9. The highest BCUT2D eigenvalue weighted by Gasteiger charge is 2.50. The summed E-state index contributed by atoms with van der Waals surface area (Å²) < 4.78 is 35.4. The Balaban J connectivity index is 0.987. The maximum absolute atomic E-state index is 12.5. The molecule has 0 bridgehead atoms. The van der Waals surface area contributed by atoms with Gasteiger partial charge < -0.3 is 116 Å². The molecule has 20 atom stereocenters. The van der Waals surface area contributed by atoms with Gasteiger partial charge in [-0.05, 0) is 45.6 Å². The van der Waals surface area contributed by atoms with Crippen LogP contribution in [0, 0.1) is 0 Å². The molecule has 2 aliphatic carbocycles. The van der Waals surface area contributed by atoms with Gasteiger partial charge in [-0.15, -0.1) is 0 Å². The largest absolute Gasteiger partial charge is 0.389 e. The van der Waals surface area contributed by atoms with Crippen molar-refractivity contribution in [1.29, 1.82) is 0 Å². The number of nitrogens with zero attached hydrogens (tertiary/aromatic N) is 1. The van der Waals surface area contributed by atoms with Crippen molar-refractivity contribution in [2.24, 2.45) is 45.9 Å². The Morgan fingerprint density at radius 1 is 0.530 bits per heavy atom. The second kappa shape index (κ2) is 28.1. The van der Waals surface area contributed by atoms with Crippen molar-refractivity contribution in [3.05, 3.63) is 0 Å². The second-order valence-corrected chi connectivity index (χ2v) is 18.4. The Bertz CT molecular complexity index is 1320. The first-order chi connectivity index (χ1) is 31.4. The van der Waals surface area contributed by atoms with E-state index in [9.17, 15) is 40.2 Å². The van der Waals surface area contributed by atoms with Crippen molar-refractivity contribution in [1.82, 2.24) is 15.5 Å². The first-order valence-electron chi connectivity index (χ1n) is 23.5. The predicted molar refractivity (Wildman–Crippen MR) is 238 cm³/mol. The normalized spacial score (nSPS) is 39.8. The number of hydrogen-bond acceptors (Lipinski definition) is 23. The molecular weight excluding hydrogens is 871 g/mol. The summed E-state index contributed by atoms with van der Waals surface area (Å²) in [6.45, 7) is 1.73. The van der Waals surface area contributed by atoms with Gasteiger partial charge in [0.25, 0.3) is 0 Å². The number of unbranched alkanes of at least 4 members (excludes halogenated alkanes) is 6. The average Bonchev–Trinajstić information content (AvgIpc) is 3.27. The molecule has 2 amide bonds. The van der Waals surface area contributed by atoms with Gasteiger partial charge in [0, 0.05) is 63.6 Å². The lowest BCUT2D eigenvalue weighted by atomic mass is 9.84. The van der Waals surface area contributed by atoms with E-state index in [1.54, 1.807) is 11.9 Å². The standard InChI is InChI=1S/C41H83N11O14/c1-52(18-26(53)50-10-6-2-4-8-12-61-38-24(16-42)63-40(28(48)32(38)57)65-36-22(46)14-20(44)30(55)34(36)59)19-27(54)51-11-7-3-5-9-13-62-39-25(17-43)64-41(29(49)33(39)58)66-37-23(47)15-21(45)31(56)35(37)60/h20-25,28-41,55-60H,2-19,42-49H2,1H3,(H,50,53)(H,51,54)/t20-,21-,22+,23+,24-,25-,28-,29-,30+,31+,32-,33-,34-,35-,36-,37-,38-,39-,40-,41-/m1/s1. The first kappa shape index (κ1) is 56.7. The van der Waals surface area contributed by atoms with E-state index in [0.29, 0.717) is 39.1 Å². The number of amides is 2. The van der Waals surface area contributed by atoms with E-state index in [-0.39, 0.29) is 50.8 Å². The number of aliphatic hydroxyl groups excluding tert-OH is 6. The van der Waals surface area contributed by atoms with Gasteiger partial charge in [-0.3, -0.25) is 14.5 Å². The summed E-state index contributed by atoms with van der Waals surface area (Å²) >= 11 is 0. The van der Waals surface area contributed by atoms with E-state index in [4.69, 9.17) is 74.3 Å². The van der Waals surface area contributed by atoms with Crippen molar-refractivity contribution in [2.75, 3.05) is 59.5 Å². The summed E-state index contributed by atoms with van der Waals surface area (Å²) in [5, 5.41) is 69.0. The lowest BCUT2D eigenvalue weighted by Gasteiger charge is -2.46. The third-order valence-electron chi connectivity index (χ3n) is 12.9. The van der Waals surface area contributed by atoms with Gasteiger partial charge in [0.05, 0.1) is 37.4 Å². The minimum atomic E-state index is -1.36. The van der Waals surface area contributed by atoms with E-state index in [2.05, 4.69) is 10.6 Å². The number of ether oxygens (including phenoxy) is 6. The number of nitrogens with one attached hydrogen (secondary N) is 2. The maximum Gasteiger partial charge on any atom is 0.234 e. The number of carbonyl (C=O) groups excluding carboxylic acids is 2. The summed E-state index contributed by atoms with van der Waals surface area (Å²) in [6, 6.07) is -4.84. The smallest absolute Gasteiger partial charge is 0.234 e. The zero-order valence-electron chi connectivity index (χ0n) is 38.3. The zero-order chi connectivity index (χ0) is 48.7. The van der Waals surface area contributed by atoms with Crippen molar-refractivity contribution in [3.63, 3.8) is 0 Å². The van der Waals surface area contributed by atoms with Gasteiger partial charge in [-0.25, -0.2) is 0 Å². The van der Waals surface area contributed by atoms with Crippen molar-refractivity contribution in [2.45, 2.75) is 186 Å². The van der Waals surface area contributed by atoms with Crippen LogP contribution in [0.3, 0.4) is 0 Å². The van der Waals surface area contributed by atoms with Crippen LogP contribution in [0.15, 0.2) is 0 Å². The van der Waals surface area contributed by atoms with E-state index >= 15 is 0 Å². The number of rotatable bonds is 26. The molecule has 24 N–H and O–H groups in total. The lowest BCUT2D eigenvalue weighted by Crippen LogP contribution is -2.67. The van der Waals surface area contributed by atoms with Crippen LogP contribution >= 0.6 is 0 Å². The molecule has 2 saturated carbocycles. The van der Waals surface area contributed by atoms with Crippen LogP contribution in [0.2, 0.25) is 0 Å². The molecule has 66 heavy (non-hydrogen) atoms. The highest BCUT2D eigenvalue weighted by molar-refractivity contribution is 5.81. The van der Waals surface area contributed by atoms with Gasteiger partial charge in [-0.2, -0.15) is 0 Å². The molecule has 0 spiro atoms. The number of carbonyl (C=O) groups is 2. The van der Waals surface area contributed by atoms with E-state index in [1.807, 2.05) is 0 Å². The van der Waals surface area contributed by atoms with Crippen molar-refractivity contribution >= 4 is 11.8 Å². The van der Waals surface area contributed by atoms with Crippen LogP contribution < -0.4 is 56.5 Å². The minimum absolute atomic E-state index is 0.0101. The quantitative estimate of drug-likeness (QED) is 0.0358. The predicted octanol–water partition coefficient (Wildman–Crippen LogP) is -7.88. The van der Waals surface area contributed by atoms with Crippen LogP contribution in [0.5, 0.6) is 0 Å². The summed E-state index contributed by atoms with van der Waals surface area (Å²) in [7, 11) is 1.70. The van der Waals surface area contributed by atoms with Crippen molar-refractivity contribution in [3.8, 4) is 0 Å². The third kappa shape index (κ3) is 16.1. The summed E-state index contributed by atoms with van der Waals surface area (Å²) in [5.74, 6) is -0.382. The van der Waals surface area contributed by atoms with E-state index in [0.717, 1.165) is 38.5 Å². The first-order valence-corrected chi connectivity index (χ1v) is 23.5. The van der Waals surface area contributed by atoms with Gasteiger partial charge >= 0.3 is 0 Å². The molecule has 386 valence electrons. The molecule has 25 nitrogen and oxygen atoms in total. The highest BCUT2D eigenvalue weighted by Crippen LogP contribution is 2.30. The number of likely N-dealkylation sites (N-methyl/N-ethyl adjacent to an activating group) is 1. The Labute approximate surface area is 387 Å². The van der Waals surface area contributed by atoms with Crippen LogP contribution in [0.4, 0.5) is 0 Å². The molecule has 4 aliphatic rings. The molecule has 0 aromatic rings. The monoisotopic (exact) mass is 954 g/mol.